The third-order valence-corrected chi connectivity index (χ3v) is 3.38. The number of carbonyl (C=O) groups is 1. The minimum atomic E-state index is -5.01. The zero-order chi connectivity index (χ0) is 20.2. The molecule has 2 amide bonds. The molecule has 0 bridgehead atoms. The highest BCUT2D eigenvalue weighted by atomic mass is 35.5. The normalized spacial score (nSPS) is 11.8. The van der Waals surface area contributed by atoms with E-state index in [0.717, 1.165) is 0 Å². The van der Waals surface area contributed by atoms with Crippen molar-refractivity contribution in [3.63, 3.8) is 0 Å². The molecule has 27 heavy (non-hydrogen) atoms. The fourth-order valence-electron chi connectivity index (χ4n) is 1.92. The van der Waals surface area contributed by atoms with E-state index in [1.807, 2.05) is 5.32 Å². The van der Waals surface area contributed by atoms with Gasteiger partial charge in [0.05, 0.1) is 11.1 Å². The first-order valence-electron chi connectivity index (χ1n) is 7.18. The number of anilines is 1. The van der Waals surface area contributed by atoms with Gasteiger partial charge in [0, 0.05) is 10.7 Å². The van der Waals surface area contributed by atoms with Crippen molar-refractivity contribution in [1.29, 1.82) is 0 Å². The highest BCUT2D eigenvalue weighted by Gasteiger charge is 2.37. The quantitative estimate of drug-likeness (QED) is 0.512. The smallest absolute Gasteiger partial charge is 0.416 e. The predicted molar refractivity (Wildman–Crippen MR) is 85.5 cm³/mol. The van der Waals surface area contributed by atoms with E-state index < -0.39 is 35.2 Å². The molecule has 0 spiro atoms. The summed E-state index contributed by atoms with van der Waals surface area (Å²) >= 11 is 5.68. The van der Waals surface area contributed by atoms with Crippen molar-refractivity contribution in [1.82, 2.24) is 5.32 Å². The molecule has 0 fully saturated rings. The third-order valence-electron chi connectivity index (χ3n) is 3.13. The number of hydrogen-bond acceptors (Lipinski definition) is 2. The Bertz CT molecular complexity index is 774. The summed E-state index contributed by atoms with van der Waals surface area (Å²) in [5.41, 5.74) is -3.74. The summed E-state index contributed by atoms with van der Waals surface area (Å²) in [6.45, 7) is -0.376. The van der Waals surface area contributed by atoms with Gasteiger partial charge in [-0.1, -0.05) is 11.6 Å². The first kappa shape index (κ1) is 20.7. The van der Waals surface area contributed by atoms with E-state index in [-0.39, 0.29) is 12.8 Å². The number of halogens is 7. The molecular weight excluding hydrogens is 402 g/mol. The summed E-state index contributed by atoms with van der Waals surface area (Å²) in [4.78, 5) is 11.7. The zero-order valence-electron chi connectivity index (χ0n) is 13.2. The Morgan fingerprint density at radius 3 is 1.93 bits per heavy atom. The highest BCUT2D eigenvalue weighted by Crippen LogP contribution is 2.37. The second-order valence-corrected chi connectivity index (χ2v) is 5.60. The van der Waals surface area contributed by atoms with Gasteiger partial charge in [-0.3, -0.25) is 0 Å². The Morgan fingerprint density at radius 1 is 0.926 bits per heavy atom. The number of alkyl halides is 6. The first-order valence-corrected chi connectivity index (χ1v) is 7.55. The Labute approximate surface area is 154 Å². The molecule has 0 aliphatic heterocycles. The molecule has 146 valence electrons. The van der Waals surface area contributed by atoms with Crippen LogP contribution in [0.2, 0.25) is 5.02 Å². The number of rotatable bonds is 4. The lowest BCUT2D eigenvalue weighted by molar-refractivity contribution is -0.143. The molecule has 2 N–H and O–H groups in total. The number of amides is 2. The van der Waals surface area contributed by atoms with Crippen LogP contribution in [0.15, 0.2) is 42.5 Å². The van der Waals surface area contributed by atoms with Crippen LogP contribution in [0, 0.1) is 0 Å². The van der Waals surface area contributed by atoms with Gasteiger partial charge in [-0.15, -0.1) is 0 Å². The van der Waals surface area contributed by atoms with Crippen molar-refractivity contribution >= 4 is 23.3 Å². The van der Waals surface area contributed by atoms with E-state index in [2.05, 4.69) is 5.32 Å². The number of hydrogen-bond donors (Lipinski definition) is 2. The average Bonchev–Trinajstić information content (AvgIpc) is 2.55. The standard InChI is InChI=1S/C16H11ClF6N2O2/c17-11-1-3-13(4-2-11)27-8-24-14(26)25-12-6-9(15(18,19)20)5-10(7-12)16(21,22)23/h1-7H,8H2,(H2,24,25,26). The molecule has 0 saturated heterocycles. The van der Waals surface area contributed by atoms with Crippen molar-refractivity contribution in [3.05, 3.63) is 58.6 Å². The fraction of sp³-hybridized carbons (Fsp3) is 0.188. The van der Waals surface area contributed by atoms with E-state index in [9.17, 15) is 31.1 Å². The van der Waals surface area contributed by atoms with E-state index in [0.29, 0.717) is 22.9 Å². The number of benzene rings is 2. The summed E-state index contributed by atoms with van der Waals surface area (Å²) in [6, 6.07) is 5.78. The Kier molecular flexibility index (Phi) is 6.09. The van der Waals surface area contributed by atoms with Crippen molar-refractivity contribution in [3.8, 4) is 5.75 Å². The number of ether oxygens (including phenoxy) is 1. The van der Waals surface area contributed by atoms with E-state index in [1.54, 1.807) is 0 Å². The zero-order valence-corrected chi connectivity index (χ0v) is 14.0. The summed E-state index contributed by atoms with van der Waals surface area (Å²) in [7, 11) is 0. The SMILES string of the molecule is O=C(NCOc1ccc(Cl)cc1)Nc1cc(C(F)(F)F)cc(C(F)(F)F)c1. The molecular formula is C16H11ClF6N2O2. The minimum absolute atomic E-state index is 0.0350. The van der Waals surface area contributed by atoms with Crippen LogP contribution in [0.1, 0.15) is 11.1 Å². The summed E-state index contributed by atoms with van der Waals surface area (Å²) in [6.07, 6.45) is -10.0. The van der Waals surface area contributed by atoms with E-state index >= 15 is 0 Å². The van der Waals surface area contributed by atoms with Gasteiger partial charge < -0.3 is 15.4 Å². The maximum atomic E-state index is 12.8. The second kappa shape index (κ2) is 7.95. The lowest BCUT2D eigenvalue weighted by atomic mass is 10.1. The predicted octanol–water partition coefficient (Wildman–Crippen LogP) is 5.54. The molecule has 0 aromatic heterocycles. The van der Waals surface area contributed by atoms with Crippen molar-refractivity contribution in [2.45, 2.75) is 12.4 Å². The van der Waals surface area contributed by atoms with Gasteiger partial charge in [0.2, 0.25) is 0 Å². The Morgan fingerprint density at radius 2 is 1.44 bits per heavy atom. The van der Waals surface area contributed by atoms with Crippen LogP contribution in [-0.2, 0) is 12.4 Å². The largest absolute Gasteiger partial charge is 0.473 e. The molecule has 0 unspecified atom stereocenters. The lowest BCUT2D eigenvalue weighted by Gasteiger charge is -2.15. The van der Waals surface area contributed by atoms with Crippen LogP contribution in [-0.4, -0.2) is 12.8 Å². The topological polar surface area (TPSA) is 50.4 Å². The molecule has 0 saturated carbocycles. The monoisotopic (exact) mass is 412 g/mol. The van der Waals surface area contributed by atoms with E-state index in [1.165, 1.54) is 24.3 Å². The fourth-order valence-corrected chi connectivity index (χ4v) is 2.04. The van der Waals surface area contributed by atoms with Gasteiger partial charge in [0.25, 0.3) is 0 Å². The van der Waals surface area contributed by atoms with Gasteiger partial charge in [-0.25, -0.2) is 4.79 Å². The van der Waals surface area contributed by atoms with Crippen LogP contribution < -0.4 is 15.4 Å². The van der Waals surface area contributed by atoms with E-state index in [4.69, 9.17) is 16.3 Å². The van der Waals surface area contributed by atoms with Crippen molar-refractivity contribution in [2.75, 3.05) is 12.0 Å². The van der Waals surface area contributed by atoms with Gasteiger partial charge in [0.1, 0.15) is 5.75 Å². The van der Waals surface area contributed by atoms with Crippen LogP contribution in [0.3, 0.4) is 0 Å². The average molecular weight is 413 g/mol. The second-order valence-electron chi connectivity index (χ2n) is 5.17. The third kappa shape index (κ3) is 6.24. The Hall–Kier alpha value is -2.62. The molecule has 0 aliphatic rings. The number of nitrogens with one attached hydrogen (secondary N) is 2. The van der Waals surface area contributed by atoms with Gasteiger partial charge in [-0.2, -0.15) is 26.3 Å². The molecule has 0 radical (unpaired) electrons. The van der Waals surface area contributed by atoms with Gasteiger partial charge in [-0.05, 0) is 42.5 Å². The van der Waals surface area contributed by atoms with Crippen LogP contribution in [0.5, 0.6) is 5.75 Å². The van der Waals surface area contributed by atoms with Gasteiger partial charge in [0.15, 0.2) is 6.73 Å². The minimum Gasteiger partial charge on any atom is -0.473 e. The Balaban J connectivity index is 2.04. The van der Waals surface area contributed by atoms with Crippen LogP contribution in [0.25, 0.3) is 0 Å². The lowest BCUT2D eigenvalue weighted by Crippen LogP contribution is -2.32. The highest BCUT2D eigenvalue weighted by molar-refractivity contribution is 6.30. The molecule has 4 nitrogen and oxygen atoms in total. The van der Waals surface area contributed by atoms with Gasteiger partial charge >= 0.3 is 18.4 Å². The molecule has 0 aliphatic carbocycles. The molecule has 2 aromatic carbocycles. The summed E-state index contributed by atoms with van der Waals surface area (Å²) in [5, 5.41) is 4.51. The molecule has 0 heterocycles. The summed E-state index contributed by atoms with van der Waals surface area (Å²) in [5.74, 6) is 0.345. The number of carbonyl (C=O) groups excluding carboxylic acids is 1. The maximum Gasteiger partial charge on any atom is 0.416 e. The number of urea groups is 1. The van der Waals surface area contributed by atoms with Crippen LogP contribution >= 0.6 is 11.6 Å². The molecule has 11 heteroatoms. The molecule has 2 rings (SSSR count). The van der Waals surface area contributed by atoms with Crippen LogP contribution in [0.4, 0.5) is 36.8 Å². The van der Waals surface area contributed by atoms with Crippen molar-refractivity contribution in [2.24, 2.45) is 0 Å². The maximum absolute atomic E-state index is 12.8. The molecule has 2 aromatic rings. The summed E-state index contributed by atoms with van der Waals surface area (Å²) < 4.78 is 81.7. The van der Waals surface area contributed by atoms with Crippen molar-refractivity contribution < 1.29 is 35.9 Å². The molecule has 0 atom stereocenters. The first-order chi connectivity index (χ1) is 12.4.